The van der Waals surface area contributed by atoms with Gasteiger partial charge < -0.3 is 16.3 Å². The van der Waals surface area contributed by atoms with Gasteiger partial charge in [0, 0.05) is 17.7 Å². The summed E-state index contributed by atoms with van der Waals surface area (Å²) >= 11 is 0. The van der Waals surface area contributed by atoms with Crippen LogP contribution in [0.2, 0.25) is 0 Å². The van der Waals surface area contributed by atoms with Crippen molar-refractivity contribution in [3.63, 3.8) is 0 Å². The summed E-state index contributed by atoms with van der Waals surface area (Å²) < 4.78 is 0. The quantitative estimate of drug-likeness (QED) is 0.312. The summed E-state index contributed by atoms with van der Waals surface area (Å²) in [6.07, 6.45) is 0.410. The number of anilines is 1. The fourth-order valence-electron chi connectivity index (χ4n) is 1.21. The standard InChI is InChI=1S/C11H15N3O2/c1-3-10(15)13-9-6-8(11(12)14-16)5-4-7(9)2/h4-6,16H,3H2,1-2H3,(H2,12,14)(H,13,15). The van der Waals surface area contributed by atoms with Crippen LogP contribution in [0, 0.1) is 6.92 Å². The summed E-state index contributed by atoms with van der Waals surface area (Å²) in [7, 11) is 0. The molecule has 5 nitrogen and oxygen atoms in total. The Kier molecular flexibility index (Phi) is 3.88. The van der Waals surface area contributed by atoms with Crippen LogP contribution in [-0.2, 0) is 4.79 Å². The number of amidine groups is 1. The first-order chi connectivity index (χ1) is 7.58. The van der Waals surface area contributed by atoms with Crippen LogP contribution in [0.25, 0.3) is 0 Å². The molecule has 0 aromatic heterocycles. The second kappa shape index (κ2) is 5.16. The third-order valence-corrected chi connectivity index (χ3v) is 2.24. The van der Waals surface area contributed by atoms with Crippen LogP contribution < -0.4 is 11.1 Å². The molecule has 5 heteroatoms. The van der Waals surface area contributed by atoms with E-state index in [0.29, 0.717) is 17.7 Å². The van der Waals surface area contributed by atoms with Gasteiger partial charge in [0.15, 0.2) is 5.84 Å². The summed E-state index contributed by atoms with van der Waals surface area (Å²) in [6.45, 7) is 3.65. The largest absolute Gasteiger partial charge is 0.409 e. The van der Waals surface area contributed by atoms with Crippen LogP contribution in [0.5, 0.6) is 0 Å². The van der Waals surface area contributed by atoms with Gasteiger partial charge in [-0.25, -0.2) is 0 Å². The summed E-state index contributed by atoms with van der Waals surface area (Å²) in [6, 6.07) is 5.21. The number of nitrogens with zero attached hydrogens (tertiary/aromatic N) is 1. The van der Waals surface area contributed by atoms with E-state index in [9.17, 15) is 4.79 Å². The maximum absolute atomic E-state index is 11.3. The number of rotatable bonds is 3. The minimum absolute atomic E-state index is 0.0204. The Bertz CT molecular complexity index is 427. The van der Waals surface area contributed by atoms with Gasteiger partial charge in [0.25, 0.3) is 0 Å². The number of carbonyl (C=O) groups excluding carboxylic acids is 1. The second-order valence-electron chi connectivity index (χ2n) is 3.42. The number of hydrogen-bond donors (Lipinski definition) is 3. The molecule has 0 saturated carbocycles. The molecule has 86 valence electrons. The predicted molar refractivity (Wildman–Crippen MR) is 62.6 cm³/mol. The van der Waals surface area contributed by atoms with Crippen LogP contribution in [0.4, 0.5) is 5.69 Å². The molecule has 0 radical (unpaired) electrons. The lowest BCUT2D eigenvalue weighted by molar-refractivity contribution is -0.115. The highest BCUT2D eigenvalue weighted by Crippen LogP contribution is 2.17. The van der Waals surface area contributed by atoms with Crippen LogP contribution in [0.15, 0.2) is 23.4 Å². The van der Waals surface area contributed by atoms with E-state index in [1.54, 1.807) is 25.1 Å². The first-order valence-electron chi connectivity index (χ1n) is 4.97. The van der Waals surface area contributed by atoms with Crippen molar-refractivity contribution in [1.29, 1.82) is 0 Å². The Labute approximate surface area is 94.0 Å². The van der Waals surface area contributed by atoms with E-state index in [1.807, 2.05) is 6.92 Å². The average Bonchev–Trinajstić information content (AvgIpc) is 2.30. The van der Waals surface area contributed by atoms with E-state index in [4.69, 9.17) is 10.9 Å². The highest BCUT2D eigenvalue weighted by Gasteiger charge is 2.06. The van der Waals surface area contributed by atoms with Crippen molar-refractivity contribution in [2.24, 2.45) is 10.9 Å². The van der Waals surface area contributed by atoms with E-state index in [-0.39, 0.29) is 11.7 Å². The van der Waals surface area contributed by atoms with Gasteiger partial charge in [0.2, 0.25) is 5.91 Å². The molecule has 0 aliphatic carbocycles. The summed E-state index contributed by atoms with van der Waals surface area (Å²) in [5.74, 6) is -0.0493. The van der Waals surface area contributed by atoms with Gasteiger partial charge in [-0.15, -0.1) is 0 Å². The predicted octanol–water partition coefficient (Wildman–Crippen LogP) is 1.44. The molecule has 0 bridgehead atoms. The minimum Gasteiger partial charge on any atom is -0.409 e. The molecule has 0 aliphatic rings. The van der Waals surface area contributed by atoms with Gasteiger partial charge in [0.1, 0.15) is 0 Å². The van der Waals surface area contributed by atoms with E-state index >= 15 is 0 Å². The lowest BCUT2D eigenvalue weighted by Gasteiger charge is -2.09. The van der Waals surface area contributed by atoms with Crippen molar-refractivity contribution in [2.75, 3.05) is 5.32 Å². The fraction of sp³-hybridized carbons (Fsp3) is 0.273. The van der Waals surface area contributed by atoms with Crippen LogP contribution in [0.1, 0.15) is 24.5 Å². The topological polar surface area (TPSA) is 87.7 Å². The molecule has 16 heavy (non-hydrogen) atoms. The van der Waals surface area contributed by atoms with Gasteiger partial charge in [-0.05, 0) is 18.6 Å². The van der Waals surface area contributed by atoms with Crippen LogP contribution in [-0.4, -0.2) is 17.0 Å². The molecule has 0 atom stereocenters. The first kappa shape index (κ1) is 12.0. The molecule has 1 aromatic carbocycles. The Morgan fingerprint density at radius 3 is 2.81 bits per heavy atom. The zero-order chi connectivity index (χ0) is 12.1. The van der Waals surface area contributed by atoms with Crippen molar-refractivity contribution < 1.29 is 10.0 Å². The number of nitrogens with two attached hydrogens (primary N) is 1. The number of hydrogen-bond acceptors (Lipinski definition) is 3. The molecule has 1 rings (SSSR count). The third-order valence-electron chi connectivity index (χ3n) is 2.24. The maximum Gasteiger partial charge on any atom is 0.224 e. The zero-order valence-electron chi connectivity index (χ0n) is 9.32. The molecular formula is C11H15N3O2. The molecule has 0 fully saturated rings. The van der Waals surface area contributed by atoms with Crippen molar-refractivity contribution in [3.05, 3.63) is 29.3 Å². The number of nitrogens with one attached hydrogen (secondary N) is 1. The van der Waals surface area contributed by atoms with Gasteiger partial charge in [0.05, 0.1) is 0 Å². The second-order valence-corrected chi connectivity index (χ2v) is 3.42. The smallest absolute Gasteiger partial charge is 0.224 e. The van der Waals surface area contributed by atoms with Crippen molar-refractivity contribution in [2.45, 2.75) is 20.3 Å². The lowest BCUT2D eigenvalue weighted by Crippen LogP contribution is -2.15. The number of aryl methyl sites for hydroxylation is 1. The molecule has 1 amide bonds. The molecule has 0 aliphatic heterocycles. The van der Waals surface area contributed by atoms with E-state index in [0.717, 1.165) is 5.56 Å². The van der Waals surface area contributed by atoms with Gasteiger partial charge in [-0.3, -0.25) is 4.79 Å². The highest BCUT2D eigenvalue weighted by molar-refractivity contribution is 5.99. The van der Waals surface area contributed by atoms with E-state index in [1.165, 1.54) is 0 Å². The number of benzene rings is 1. The van der Waals surface area contributed by atoms with Crippen molar-refractivity contribution in [3.8, 4) is 0 Å². The maximum atomic E-state index is 11.3. The Morgan fingerprint density at radius 1 is 1.56 bits per heavy atom. The molecule has 0 saturated heterocycles. The number of carbonyl (C=O) groups is 1. The molecule has 4 N–H and O–H groups in total. The number of oxime groups is 1. The average molecular weight is 221 g/mol. The molecular weight excluding hydrogens is 206 g/mol. The summed E-state index contributed by atoms with van der Waals surface area (Å²) in [5.41, 5.74) is 7.64. The van der Waals surface area contributed by atoms with Crippen LogP contribution in [0.3, 0.4) is 0 Å². The third kappa shape index (κ3) is 2.73. The Morgan fingerprint density at radius 2 is 2.25 bits per heavy atom. The van der Waals surface area contributed by atoms with Gasteiger partial charge >= 0.3 is 0 Å². The SMILES string of the molecule is CCC(=O)Nc1cc(C(N)=NO)ccc1C. The molecule has 0 spiro atoms. The number of amides is 1. The monoisotopic (exact) mass is 221 g/mol. The summed E-state index contributed by atoms with van der Waals surface area (Å²) in [4.78, 5) is 11.3. The molecule has 0 unspecified atom stereocenters. The Balaban J connectivity index is 3.04. The molecule has 0 heterocycles. The minimum atomic E-state index is -0.0697. The van der Waals surface area contributed by atoms with Gasteiger partial charge in [-0.1, -0.05) is 24.2 Å². The normalized spacial score (nSPS) is 11.2. The molecule has 1 aromatic rings. The summed E-state index contributed by atoms with van der Waals surface area (Å²) in [5, 5.41) is 14.2. The van der Waals surface area contributed by atoms with Crippen molar-refractivity contribution >= 4 is 17.4 Å². The Hall–Kier alpha value is -2.04. The van der Waals surface area contributed by atoms with Crippen LogP contribution >= 0.6 is 0 Å². The zero-order valence-corrected chi connectivity index (χ0v) is 9.32. The highest BCUT2D eigenvalue weighted by atomic mass is 16.4. The fourth-order valence-corrected chi connectivity index (χ4v) is 1.21. The van der Waals surface area contributed by atoms with Crippen molar-refractivity contribution in [1.82, 2.24) is 0 Å². The van der Waals surface area contributed by atoms with E-state index in [2.05, 4.69) is 10.5 Å². The first-order valence-corrected chi connectivity index (χ1v) is 4.97. The van der Waals surface area contributed by atoms with E-state index < -0.39 is 0 Å². The van der Waals surface area contributed by atoms with Gasteiger partial charge in [-0.2, -0.15) is 0 Å². The lowest BCUT2D eigenvalue weighted by atomic mass is 10.1.